The molecule has 0 bridgehead atoms. The van der Waals surface area contributed by atoms with Crippen molar-refractivity contribution in [2.45, 2.75) is 25.2 Å². The molecular weight excluding hydrogens is 438 g/mol. The van der Waals surface area contributed by atoms with Crippen molar-refractivity contribution >= 4 is 33.1 Å². The molecule has 2 N–H and O–H groups in total. The van der Waals surface area contributed by atoms with Crippen LogP contribution >= 0.6 is 0 Å². The topological polar surface area (TPSA) is 99.6 Å². The third-order valence-electron chi connectivity index (χ3n) is 5.68. The second-order valence-electron chi connectivity index (χ2n) is 8.06. The quantitative estimate of drug-likeness (QED) is 0.559. The summed E-state index contributed by atoms with van der Waals surface area (Å²) in [6, 6.07) is 15.9. The number of aryl methyl sites for hydroxylation is 2. The summed E-state index contributed by atoms with van der Waals surface area (Å²) in [6.45, 7) is 5.07. The molecule has 0 atom stereocenters. The van der Waals surface area contributed by atoms with Gasteiger partial charge in [-0.1, -0.05) is 48.0 Å². The first kappa shape index (κ1) is 22.5. The van der Waals surface area contributed by atoms with Crippen molar-refractivity contribution in [1.82, 2.24) is 4.98 Å². The van der Waals surface area contributed by atoms with E-state index in [2.05, 4.69) is 34.8 Å². The fraction of sp³-hybridized carbons (Fsp3) is 0.200. The molecule has 1 aliphatic rings. The van der Waals surface area contributed by atoms with E-state index in [0.717, 1.165) is 12.0 Å². The molecule has 0 fully saturated rings. The lowest BCUT2D eigenvalue weighted by atomic mass is 9.95. The highest BCUT2D eigenvalue weighted by molar-refractivity contribution is 7.92. The Kier molecular flexibility index (Phi) is 6.20. The maximum atomic E-state index is 12.7. The van der Waals surface area contributed by atoms with Gasteiger partial charge in [0.25, 0.3) is 10.0 Å². The molecule has 33 heavy (non-hydrogen) atoms. The predicted octanol–water partition coefficient (Wildman–Crippen LogP) is 4.49. The number of benzene rings is 2. The lowest BCUT2D eigenvalue weighted by Gasteiger charge is -2.29. The van der Waals surface area contributed by atoms with E-state index in [1.807, 2.05) is 24.0 Å². The molecule has 7 nitrogen and oxygen atoms in total. The fourth-order valence-electron chi connectivity index (χ4n) is 3.89. The summed E-state index contributed by atoms with van der Waals surface area (Å²) in [5, 5.41) is 9.77. The number of carboxylic acid groups (broad SMARTS) is 1. The third kappa shape index (κ3) is 4.90. The Labute approximate surface area is 193 Å². The summed E-state index contributed by atoms with van der Waals surface area (Å²) >= 11 is 0. The van der Waals surface area contributed by atoms with Gasteiger partial charge in [-0.2, -0.15) is 0 Å². The molecule has 170 valence electrons. The zero-order chi connectivity index (χ0) is 23.6. The van der Waals surface area contributed by atoms with Crippen LogP contribution in [0, 0.1) is 13.8 Å². The molecule has 0 saturated carbocycles. The highest BCUT2D eigenvalue weighted by Gasteiger charge is 2.23. The summed E-state index contributed by atoms with van der Waals surface area (Å²) in [5.74, 6) is -0.844. The third-order valence-corrected chi connectivity index (χ3v) is 7.08. The van der Waals surface area contributed by atoms with Crippen molar-refractivity contribution in [2.75, 3.05) is 22.7 Å². The molecule has 0 spiro atoms. The number of hydrogen-bond donors (Lipinski definition) is 2. The zero-order valence-corrected chi connectivity index (χ0v) is 19.3. The highest BCUT2D eigenvalue weighted by Crippen LogP contribution is 2.29. The Morgan fingerprint density at radius 2 is 1.82 bits per heavy atom. The van der Waals surface area contributed by atoms with Gasteiger partial charge in [0.2, 0.25) is 0 Å². The highest BCUT2D eigenvalue weighted by atomic mass is 32.2. The second kappa shape index (κ2) is 9.07. The van der Waals surface area contributed by atoms with Crippen LogP contribution in [0.5, 0.6) is 0 Å². The van der Waals surface area contributed by atoms with Gasteiger partial charge in [-0.15, -0.1) is 0 Å². The number of aromatic carboxylic acids is 1. The summed E-state index contributed by atoms with van der Waals surface area (Å²) in [6.07, 6.45) is 4.20. The SMILES string of the molecule is Cc1ccc(S(=O)(=O)Nc2cnc(N3CC=C(c4ccccc4C)CC3)c(C(=O)O)c2)cc1. The van der Waals surface area contributed by atoms with Gasteiger partial charge in [0.1, 0.15) is 11.4 Å². The summed E-state index contributed by atoms with van der Waals surface area (Å²) < 4.78 is 27.8. The van der Waals surface area contributed by atoms with Gasteiger partial charge in [0.15, 0.2) is 0 Å². The number of aromatic nitrogens is 1. The van der Waals surface area contributed by atoms with Crippen molar-refractivity contribution in [3.63, 3.8) is 0 Å². The lowest BCUT2D eigenvalue weighted by Crippen LogP contribution is -2.30. The van der Waals surface area contributed by atoms with Gasteiger partial charge in [0.05, 0.1) is 16.8 Å². The van der Waals surface area contributed by atoms with Crippen LogP contribution in [0.25, 0.3) is 5.57 Å². The van der Waals surface area contributed by atoms with Crippen molar-refractivity contribution in [1.29, 1.82) is 0 Å². The number of nitrogens with one attached hydrogen (secondary N) is 1. The number of sulfonamides is 1. The van der Waals surface area contributed by atoms with E-state index in [0.29, 0.717) is 18.9 Å². The average molecular weight is 464 g/mol. The maximum absolute atomic E-state index is 12.7. The van der Waals surface area contributed by atoms with Crippen LogP contribution in [-0.2, 0) is 10.0 Å². The molecule has 0 radical (unpaired) electrons. The van der Waals surface area contributed by atoms with Crippen LogP contribution < -0.4 is 9.62 Å². The molecule has 1 aliphatic heterocycles. The van der Waals surface area contributed by atoms with E-state index in [-0.39, 0.29) is 16.1 Å². The minimum absolute atomic E-state index is 0.0492. The number of carbonyl (C=O) groups is 1. The van der Waals surface area contributed by atoms with E-state index >= 15 is 0 Å². The van der Waals surface area contributed by atoms with Gasteiger partial charge in [-0.25, -0.2) is 18.2 Å². The summed E-state index contributed by atoms with van der Waals surface area (Å²) in [7, 11) is -3.86. The van der Waals surface area contributed by atoms with Gasteiger partial charge >= 0.3 is 5.97 Å². The Bertz CT molecular complexity index is 1330. The Hall–Kier alpha value is -3.65. The van der Waals surface area contributed by atoms with Crippen LogP contribution in [0.15, 0.2) is 71.8 Å². The number of rotatable bonds is 6. The zero-order valence-electron chi connectivity index (χ0n) is 18.4. The fourth-order valence-corrected chi connectivity index (χ4v) is 4.93. The van der Waals surface area contributed by atoms with E-state index in [1.165, 1.54) is 41.1 Å². The summed E-state index contributed by atoms with van der Waals surface area (Å²) in [4.78, 5) is 18.3. The molecule has 4 rings (SSSR count). The lowest BCUT2D eigenvalue weighted by molar-refractivity contribution is 0.0697. The molecule has 0 amide bonds. The first-order chi connectivity index (χ1) is 15.7. The minimum Gasteiger partial charge on any atom is -0.478 e. The van der Waals surface area contributed by atoms with Crippen molar-refractivity contribution in [3.05, 3.63) is 89.1 Å². The first-order valence-electron chi connectivity index (χ1n) is 10.6. The van der Waals surface area contributed by atoms with Crippen LogP contribution in [0.1, 0.15) is 33.5 Å². The average Bonchev–Trinajstić information content (AvgIpc) is 2.79. The number of pyridine rings is 1. The van der Waals surface area contributed by atoms with Gasteiger partial charge in [-0.3, -0.25) is 4.72 Å². The van der Waals surface area contributed by atoms with Crippen molar-refractivity contribution in [2.24, 2.45) is 0 Å². The van der Waals surface area contributed by atoms with E-state index in [4.69, 9.17) is 0 Å². The van der Waals surface area contributed by atoms with E-state index in [9.17, 15) is 18.3 Å². The Morgan fingerprint density at radius 1 is 1.09 bits per heavy atom. The van der Waals surface area contributed by atoms with Crippen LogP contribution in [-0.4, -0.2) is 37.6 Å². The normalized spacial score (nSPS) is 14.0. The van der Waals surface area contributed by atoms with Crippen molar-refractivity contribution in [3.8, 4) is 0 Å². The van der Waals surface area contributed by atoms with Crippen molar-refractivity contribution < 1.29 is 18.3 Å². The molecule has 0 aliphatic carbocycles. The molecule has 8 heteroatoms. The predicted molar refractivity (Wildman–Crippen MR) is 129 cm³/mol. The molecule has 2 aromatic carbocycles. The standard InChI is InChI=1S/C25H25N3O4S/c1-17-7-9-21(10-8-17)33(31,32)27-20-15-23(25(29)30)24(26-16-20)28-13-11-19(12-14-28)22-6-4-3-5-18(22)2/h3-11,15-16,27H,12-14H2,1-2H3,(H,29,30). The second-order valence-corrected chi connectivity index (χ2v) is 9.74. The number of nitrogens with zero attached hydrogens (tertiary/aromatic N) is 2. The van der Waals surface area contributed by atoms with Gasteiger partial charge in [0, 0.05) is 13.1 Å². The number of carboxylic acids is 1. The molecule has 1 aromatic heterocycles. The number of anilines is 2. The molecule has 0 saturated heterocycles. The van der Waals surface area contributed by atoms with Gasteiger partial charge < -0.3 is 10.0 Å². The Morgan fingerprint density at radius 3 is 2.45 bits per heavy atom. The van der Waals surface area contributed by atoms with Gasteiger partial charge in [-0.05, 0) is 55.2 Å². The van der Waals surface area contributed by atoms with E-state index < -0.39 is 16.0 Å². The Balaban J connectivity index is 1.58. The van der Waals surface area contributed by atoms with E-state index in [1.54, 1.807) is 12.1 Å². The van der Waals surface area contributed by atoms with Crippen LogP contribution in [0.3, 0.4) is 0 Å². The molecular formula is C25H25N3O4S. The maximum Gasteiger partial charge on any atom is 0.339 e. The molecule has 3 aromatic rings. The van der Waals surface area contributed by atoms with Crippen LogP contribution in [0.4, 0.5) is 11.5 Å². The monoisotopic (exact) mass is 463 g/mol. The minimum atomic E-state index is -3.86. The smallest absolute Gasteiger partial charge is 0.339 e. The summed E-state index contributed by atoms with van der Waals surface area (Å²) in [5.41, 5.74) is 4.62. The molecule has 0 unspecified atom stereocenters. The number of hydrogen-bond acceptors (Lipinski definition) is 5. The first-order valence-corrected chi connectivity index (χ1v) is 12.1. The van der Waals surface area contributed by atoms with Crippen LogP contribution in [0.2, 0.25) is 0 Å². The molecule has 2 heterocycles. The largest absolute Gasteiger partial charge is 0.478 e.